The molecule has 0 aliphatic heterocycles. The average Bonchev–Trinajstić information content (AvgIpc) is 2.57. The predicted molar refractivity (Wildman–Crippen MR) is 98.6 cm³/mol. The summed E-state index contributed by atoms with van der Waals surface area (Å²) in [6.07, 6.45) is 0. The maximum absolute atomic E-state index is 8.81. The summed E-state index contributed by atoms with van der Waals surface area (Å²) in [6, 6.07) is 15.4. The van der Waals surface area contributed by atoms with Gasteiger partial charge in [-0.1, -0.05) is 24.3 Å². The molecular weight excluding hydrogens is 304 g/mol. The van der Waals surface area contributed by atoms with Crippen LogP contribution in [-0.2, 0) is 0 Å². The van der Waals surface area contributed by atoms with Crippen LogP contribution in [0.25, 0.3) is 0 Å². The Bertz CT molecular complexity index is 786. The van der Waals surface area contributed by atoms with Gasteiger partial charge >= 0.3 is 0 Å². The first-order chi connectivity index (χ1) is 11.0. The zero-order valence-corrected chi connectivity index (χ0v) is 14.2. The van der Waals surface area contributed by atoms with E-state index in [4.69, 9.17) is 17.5 Å². The molecule has 5 heteroatoms. The van der Waals surface area contributed by atoms with E-state index < -0.39 is 0 Å². The maximum atomic E-state index is 8.81. The maximum Gasteiger partial charge on any atom is 0.191 e. The quantitative estimate of drug-likeness (QED) is 0.511. The first kappa shape index (κ1) is 16.7. The molecule has 0 amide bonds. The standard InChI is InChI=1S/C18H18N4S/c1-12-5-4-6-17(13(12)2)20-18(23)22-21-14(3)16-9-7-15(11-19)8-10-16/h4-10H,1-3H3,(H2,20,22,23). The summed E-state index contributed by atoms with van der Waals surface area (Å²) >= 11 is 5.27. The molecule has 0 saturated heterocycles. The van der Waals surface area contributed by atoms with Crippen LogP contribution >= 0.6 is 12.2 Å². The molecule has 0 radical (unpaired) electrons. The topological polar surface area (TPSA) is 60.2 Å². The summed E-state index contributed by atoms with van der Waals surface area (Å²) in [5, 5.41) is 16.7. The summed E-state index contributed by atoms with van der Waals surface area (Å²) in [6.45, 7) is 5.99. The molecule has 0 aromatic heterocycles. The van der Waals surface area contributed by atoms with Crippen LogP contribution in [0.2, 0.25) is 0 Å². The number of aryl methyl sites for hydroxylation is 1. The van der Waals surface area contributed by atoms with Crippen LogP contribution in [0, 0.1) is 25.2 Å². The Kier molecular flexibility index (Phi) is 5.45. The lowest BCUT2D eigenvalue weighted by Crippen LogP contribution is -2.25. The number of benzene rings is 2. The molecule has 0 aliphatic rings. The molecule has 2 rings (SSSR count). The molecule has 0 aliphatic carbocycles. The third-order valence-electron chi connectivity index (χ3n) is 3.61. The molecule has 0 heterocycles. The molecule has 0 fully saturated rings. The highest BCUT2D eigenvalue weighted by Gasteiger charge is 2.03. The minimum atomic E-state index is 0.437. The van der Waals surface area contributed by atoms with Gasteiger partial charge in [0.1, 0.15) is 0 Å². The molecular formula is C18H18N4S. The van der Waals surface area contributed by atoms with Crippen LogP contribution in [0.5, 0.6) is 0 Å². The first-order valence-corrected chi connectivity index (χ1v) is 7.60. The van der Waals surface area contributed by atoms with Gasteiger partial charge in [0.25, 0.3) is 0 Å². The van der Waals surface area contributed by atoms with E-state index in [9.17, 15) is 0 Å². The van der Waals surface area contributed by atoms with Crippen LogP contribution in [0.4, 0.5) is 5.69 Å². The largest absolute Gasteiger partial charge is 0.331 e. The lowest BCUT2D eigenvalue weighted by Gasteiger charge is -2.12. The van der Waals surface area contributed by atoms with E-state index in [0.29, 0.717) is 10.7 Å². The van der Waals surface area contributed by atoms with E-state index in [1.807, 2.05) is 38.1 Å². The Morgan fingerprint density at radius 3 is 2.48 bits per heavy atom. The smallest absolute Gasteiger partial charge is 0.191 e. The highest BCUT2D eigenvalue weighted by molar-refractivity contribution is 7.80. The summed E-state index contributed by atoms with van der Waals surface area (Å²) in [5.74, 6) is 0. The van der Waals surface area contributed by atoms with Gasteiger partial charge in [0.05, 0.1) is 17.3 Å². The molecule has 2 aromatic carbocycles. The number of anilines is 1. The normalized spacial score (nSPS) is 10.8. The molecule has 0 unspecified atom stereocenters. The fraction of sp³-hybridized carbons (Fsp3) is 0.167. The lowest BCUT2D eigenvalue weighted by atomic mass is 10.1. The van der Waals surface area contributed by atoms with Gasteiger partial charge in [0.15, 0.2) is 5.11 Å². The Morgan fingerprint density at radius 2 is 1.83 bits per heavy atom. The van der Waals surface area contributed by atoms with E-state index in [0.717, 1.165) is 22.5 Å². The summed E-state index contributed by atoms with van der Waals surface area (Å²) in [7, 11) is 0. The average molecular weight is 322 g/mol. The summed E-state index contributed by atoms with van der Waals surface area (Å²) in [5.41, 5.74) is 8.53. The van der Waals surface area contributed by atoms with E-state index >= 15 is 0 Å². The van der Waals surface area contributed by atoms with Gasteiger partial charge in [-0.2, -0.15) is 10.4 Å². The van der Waals surface area contributed by atoms with Crippen molar-refractivity contribution in [2.75, 3.05) is 5.32 Å². The van der Waals surface area contributed by atoms with Gasteiger partial charge in [-0.25, -0.2) is 0 Å². The van der Waals surface area contributed by atoms with Crippen molar-refractivity contribution in [2.24, 2.45) is 5.10 Å². The number of hydrogen-bond donors (Lipinski definition) is 2. The van der Waals surface area contributed by atoms with Gasteiger partial charge < -0.3 is 5.32 Å². The van der Waals surface area contributed by atoms with Crippen LogP contribution in [0.15, 0.2) is 47.6 Å². The predicted octanol–water partition coefficient (Wildman–Crippen LogP) is 3.89. The monoisotopic (exact) mass is 322 g/mol. The Labute approximate surface area is 141 Å². The van der Waals surface area contributed by atoms with E-state index in [-0.39, 0.29) is 0 Å². The van der Waals surface area contributed by atoms with Crippen LogP contribution in [0.3, 0.4) is 0 Å². The zero-order valence-electron chi connectivity index (χ0n) is 13.3. The minimum Gasteiger partial charge on any atom is -0.331 e. The van der Waals surface area contributed by atoms with Gasteiger partial charge in [0.2, 0.25) is 0 Å². The minimum absolute atomic E-state index is 0.437. The molecule has 2 aromatic rings. The van der Waals surface area contributed by atoms with E-state index in [2.05, 4.69) is 34.9 Å². The molecule has 23 heavy (non-hydrogen) atoms. The number of hydrogen-bond acceptors (Lipinski definition) is 3. The zero-order chi connectivity index (χ0) is 16.8. The van der Waals surface area contributed by atoms with Crippen molar-refractivity contribution in [1.82, 2.24) is 5.43 Å². The van der Waals surface area contributed by atoms with Crippen molar-refractivity contribution < 1.29 is 0 Å². The highest BCUT2D eigenvalue weighted by Crippen LogP contribution is 2.17. The van der Waals surface area contributed by atoms with E-state index in [1.165, 1.54) is 5.56 Å². The Morgan fingerprint density at radius 1 is 1.13 bits per heavy atom. The van der Waals surface area contributed by atoms with Gasteiger partial charge in [-0.3, -0.25) is 5.43 Å². The number of thiocarbonyl (C=S) groups is 1. The number of hydrazone groups is 1. The first-order valence-electron chi connectivity index (χ1n) is 7.19. The van der Waals surface area contributed by atoms with Gasteiger partial charge in [-0.05, 0) is 67.9 Å². The molecule has 0 bridgehead atoms. The third-order valence-corrected chi connectivity index (χ3v) is 3.80. The van der Waals surface area contributed by atoms with Gasteiger partial charge in [-0.15, -0.1) is 0 Å². The number of nitriles is 1. The fourth-order valence-corrected chi connectivity index (χ4v) is 2.18. The van der Waals surface area contributed by atoms with Crippen molar-refractivity contribution in [1.29, 1.82) is 5.26 Å². The molecule has 0 saturated carbocycles. The molecule has 0 atom stereocenters. The molecule has 2 N–H and O–H groups in total. The molecule has 116 valence electrons. The molecule has 0 spiro atoms. The van der Waals surface area contributed by atoms with Crippen molar-refractivity contribution in [3.05, 3.63) is 64.7 Å². The molecule has 4 nitrogen and oxygen atoms in total. The SMILES string of the molecule is CC(=NNC(=S)Nc1cccc(C)c1C)c1ccc(C#N)cc1. The highest BCUT2D eigenvalue weighted by atomic mass is 32.1. The van der Waals surface area contributed by atoms with Crippen LogP contribution in [-0.4, -0.2) is 10.8 Å². The van der Waals surface area contributed by atoms with Crippen molar-refractivity contribution in [3.8, 4) is 6.07 Å². The fourth-order valence-electron chi connectivity index (χ4n) is 2.02. The summed E-state index contributed by atoms with van der Waals surface area (Å²) < 4.78 is 0. The third kappa shape index (κ3) is 4.38. The summed E-state index contributed by atoms with van der Waals surface area (Å²) in [4.78, 5) is 0. The number of nitrogens with one attached hydrogen (secondary N) is 2. The lowest BCUT2D eigenvalue weighted by molar-refractivity contribution is 1.04. The Balaban J connectivity index is 2.02. The van der Waals surface area contributed by atoms with Crippen molar-refractivity contribution in [3.63, 3.8) is 0 Å². The number of rotatable bonds is 3. The van der Waals surface area contributed by atoms with Crippen LogP contribution in [0.1, 0.15) is 29.2 Å². The second-order valence-electron chi connectivity index (χ2n) is 5.20. The van der Waals surface area contributed by atoms with Gasteiger partial charge in [0, 0.05) is 5.69 Å². The van der Waals surface area contributed by atoms with Crippen molar-refractivity contribution in [2.45, 2.75) is 20.8 Å². The van der Waals surface area contributed by atoms with Crippen molar-refractivity contribution >= 4 is 28.7 Å². The van der Waals surface area contributed by atoms with Crippen LogP contribution < -0.4 is 10.7 Å². The number of nitrogens with zero attached hydrogens (tertiary/aromatic N) is 2. The Hall–Kier alpha value is -2.71. The second-order valence-corrected chi connectivity index (χ2v) is 5.61. The second kappa shape index (κ2) is 7.52. The van der Waals surface area contributed by atoms with E-state index in [1.54, 1.807) is 12.1 Å².